The molecule has 0 aromatic carbocycles. The van der Waals surface area contributed by atoms with Crippen LogP contribution in [0.3, 0.4) is 0 Å². The molecule has 2 unspecified atom stereocenters. The summed E-state index contributed by atoms with van der Waals surface area (Å²) in [5.74, 6) is 0.842. The smallest absolute Gasteiger partial charge is 0.310 e. The van der Waals surface area contributed by atoms with Crippen LogP contribution in [-0.4, -0.2) is 52.2 Å². The first kappa shape index (κ1) is 40.5. The van der Waals surface area contributed by atoms with Crippen LogP contribution in [0.25, 0.3) is 5.57 Å². The van der Waals surface area contributed by atoms with Crippen molar-refractivity contribution >= 4 is 23.3 Å². The third-order valence-corrected chi connectivity index (χ3v) is 8.24. The molecule has 0 bridgehead atoms. The van der Waals surface area contributed by atoms with Gasteiger partial charge in [0.1, 0.15) is 12.2 Å². The topological polar surface area (TPSA) is 61.3 Å². The fraction of sp³-hybridized carbons (Fsp3) is 0.857. The third kappa shape index (κ3) is 16.4. The number of rotatable bonds is 21. The van der Waals surface area contributed by atoms with Gasteiger partial charge in [-0.15, -0.1) is 4.37 Å². The van der Waals surface area contributed by atoms with Gasteiger partial charge < -0.3 is 9.47 Å². The predicted molar refractivity (Wildman–Crippen MR) is 182 cm³/mol. The highest BCUT2D eigenvalue weighted by Crippen LogP contribution is 2.33. The molecule has 1 aromatic rings. The van der Waals surface area contributed by atoms with Crippen LogP contribution in [0.4, 0.5) is 0 Å². The Kier molecular flexibility index (Phi) is 25.1. The van der Waals surface area contributed by atoms with E-state index in [2.05, 4.69) is 49.6 Å². The average Bonchev–Trinajstić information content (AvgIpc) is 3.47. The largest absolute Gasteiger partial charge is 0.475 e. The first-order valence-corrected chi connectivity index (χ1v) is 18.3. The van der Waals surface area contributed by atoms with Crippen molar-refractivity contribution in [3.63, 3.8) is 0 Å². The molecule has 2 heterocycles. The molecule has 0 N–H and O–H groups in total. The maximum absolute atomic E-state index is 12.8. The lowest BCUT2D eigenvalue weighted by molar-refractivity contribution is -0.950. The van der Waals surface area contributed by atoms with Gasteiger partial charge >= 0.3 is 5.97 Å². The summed E-state index contributed by atoms with van der Waals surface area (Å²) in [5.41, 5.74) is 2.03. The van der Waals surface area contributed by atoms with E-state index in [0.29, 0.717) is 23.4 Å². The van der Waals surface area contributed by atoms with Gasteiger partial charge in [0.05, 0.1) is 31.9 Å². The quantitative estimate of drug-likeness (QED) is 0.0787. The Bertz CT molecular complexity index is 811. The Labute approximate surface area is 265 Å². The minimum absolute atomic E-state index is 0.0508. The highest BCUT2D eigenvalue weighted by Gasteiger charge is 2.41. The second-order valence-corrected chi connectivity index (χ2v) is 12.3. The molecule has 6 nitrogen and oxygen atoms in total. The molecule has 2 rings (SSSR count). The predicted octanol–water partition coefficient (Wildman–Crippen LogP) is 10.6. The maximum Gasteiger partial charge on any atom is 0.310 e. The van der Waals surface area contributed by atoms with E-state index < -0.39 is 0 Å². The lowest BCUT2D eigenvalue weighted by atomic mass is 10.0. The monoisotopic (exact) mass is 610 g/mol. The Morgan fingerprint density at radius 2 is 1.40 bits per heavy atom. The van der Waals surface area contributed by atoms with Gasteiger partial charge in [-0.3, -0.25) is 9.28 Å². The van der Waals surface area contributed by atoms with Gasteiger partial charge in [0, 0.05) is 24.3 Å². The van der Waals surface area contributed by atoms with Crippen molar-refractivity contribution in [3.8, 4) is 5.88 Å². The van der Waals surface area contributed by atoms with Gasteiger partial charge in [-0.1, -0.05) is 139 Å². The second kappa shape index (κ2) is 26.0. The molecule has 0 saturated carbocycles. The van der Waals surface area contributed by atoms with Crippen LogP contribution < -0.4 is 4.74 Å². The van der Waals surface area contributed by atoms with Crippen molar-refractivity contribution in [1.29, 1.82) is 0 Å². The van der Waals surface area contributed by atoms with E-state index in [-0.39, 0.29) is 18.1 Å². The van der Waals surface area contributed by atoms with Crippen LogP contribution in [0, 0.1) is 5.92 Å². The van der Waals surface area contributed by atoms with E-state index >= 15 is 0 Å². The third-order valence-electron chi connectivity index (χ3n) is 7.73. The number of hydrogen-bond acceptors (Lipinski definition) is 6. The summed E-state index contributed by atoms with van der Waals surface area (Å²) >= 11 is 1.22. The van der Waals surface area contributed by atoms with Gasteiger partial charge in [0.25, 0.3) is 5.88 Å². The molecular weight excluding hydrogens is 542 g/mol. The number of esters is 1. The molecule has 0 saturated heterocycles. The lowest BCUT2D eigenvalue weighted by Crippen LogP contribution is -2.58. The number of unbranched alkanes of at least 4 members (excludes halogenated alkanes) is 12. The molecule has 1 aliphatic rings. The summed E-state index contributed by atoms with van der Waals surface area (Å²) in [6, 6.07) is 0. The second-order valence-electron chi connectivity index (χ2n) is 11.8. The summed E-state index contributed by atoms with van der Waals surface area (Å²) in [5, 5.41) is 0. The van der Waals surface area contributed by atoms with Crippen molar-refractivity contribution in [2.24, 2.45) is 5.92 Å². The standard InChI is InChI=1S/C31H56N3O3S.2C2H6/c1-6-8-10-12-13-14-15-16-17-18-22-28(35)37-31(26(3)4)34(5)23-20-21-27(25-34)29-30(33-38-32-29)36-24-19-11-9-7-2;2*1-2/h21,26,31H,6-20,22-25H2,1-5H3;2*1-2H3/q+1;;. The fourth-order valence-electron chi connectivity index (χ4n) is 5.56. The first-order valence-electron chi connectivity index (χ1n) is 17.6. The Balaban J connectivity index is 0.00000402. The molecule has 2 atom stereocenters. The molecule has 0 radical (unpaired) electrons. The maximum atomic E-state index is 12.8. The number of likely N-dealkylation sites (N-methyl/N-ethyl adjacent to an activating group) is 1. The van der Waals surface area contributed by atoms with Crippen molar-refractivity contribution in [3.05, 3.63) is 11.8 Å². The summed E-state index contributed by atoms with van der Waals surface area (Å²) in [6.45, 7) is 19.2. The van der Waals surface area contributed by atoms with Crippen molar-refractivity contribution in [2.45, 2.75) is 164 Å². The summed E-state index contributed by atoms with van der Waals surface area (Å²) in [6.07, 6.45) is 20.9. The van der Waals surface area contributed by atoms with Crippen molar-refractivity contribution in [2.75, 3.05) is 26.7 Å². The minimum Gasteiger partial charge on any atom is -0.475 e. The molecule has 1 aromatic heterocycles. The van der Waals surface area contributed by atoms with E-state index in [9.17, 15) is 4.79 Å². The van der Waals surface area contributed by atoms with Crippen LogP contribution in [0.15, 0.2) is 6.08 Å². The fourth-order valence-corrected chi connectivity index (χ4v) is 6.09. The molecule has 1 aliphatic heterocycles. The highest BCUT2D eigenvalue weighted by atomic mass is 32.1. The van der Waals surface area contributed by atoms with E-state index in [1.54, 1.807) is 0 Å². The van der Waals surface area contributed by atoms with Gasteiger partial charge in [0.2, 0.25) is 6.23 Å². The molecule has 0 spiro atoms. The SMILES string of the molecule is CC.CC.CCCCCCCCCCCCC(=O)OC(C(C)C)[N+]1(C)CCC=C(c2nsnc2OCCCCCC)C1. The van der Waals surface area contributed by atoms with Crippen LogP contribution in [0.5, 0.6) is 5.88 Å². The zero-order chi connectivity index (χ0) is 31.6. The Morgan fingerprint density at radius 1 is 0.857 bits per heavy atom. The van der Waals surface area contributed by atoms with E-state index in [1.165, 1.54) is 82.4 Å². The number of carbonyl (C=O) groups is 1. The molecule has 0 fully saturated rings. The first-order chi connectivity index (χ1) is 20.4. The average molecular weight is 611 g/mol. The summed E-state index contributed by atoms with van der Waals surface area (Å²) in [4.78, 5) is 12.8. The molecule has 246 valence electrons. The number of ether oxygens (including phenoxy) is 2. The lowest BCUT2D eigenvalue weighted by Gasteiger charge is -2.44. The highest BCUT2D eigenvalue weighted by molar-refractivity contribution is 6.99. The number of quaternary nitrogens is 1. The van der Waals surface area contributed by atoms with Crippen molar-refractivity contribution < 1.29 is 18.8 Å². The summed E-state index contributed by atoms with van der Waals surface area (Å²) < 4.78 is 21.9. The molecule has 7 heteroatoms. The Hall–Kier alpha value is -1.47. The molecular formula is C35H68N3O3S+. The zero-order valence-corrected chi connectivity index (χ0v) is 30.0. The molecule has 42 heavy (non-hydrogen) atoms. The van der Waals surface area contributed by atoms with Gasteiger partial charge in [-0.25, -0.2) is 0 Å². The Morgan fingerprint density at radius 3 is 1.98 bits per heavy atom. The van der Waals surface area contributed by atoms with Gasteiger partial charge in [-0.2, -0.15) is 4.37 Å². The summed E-state index contributed by atoms with van der Waals surface area (Å²) in [7, 11) is 2.22. The van der Waals surface area contributed by atoms with Crippen LogP contribution in [-0.2, 0) is 9.53 Å². The number of aromatic nitrogens is 2. The zero-order valence-electron chi connectivity index (χ0n) is 29.1. The van der Waals surface area contributed by atoms with Crippen LogP contribution in [0.2, 0.25) is 0 Å². The van der Waals surface area contributed by atoms with Crippen LogP contribution >= 0.6 is 11.7 Å². The minimum atomic E-state index is -0.167. The number of nitrogens with zero attached hydrogens (tertiary/aromatic N) is 3. The van der Waals surface area contributed by atoms with Gasteiger partial charge in [-0.05, 0) is 12.8 Å². The van der Waals surface area contributed by atoms with Crippen LogP contribution in [0.1, 0.15) is 164 Å². The van der Waals surface area contributed by atoms with E-state index in [1.807, 2.05) is 27.7 Å². The van der Waals surface area contributed by atoms with Crippen molar-refractivity contribution in [1.82, 2.24) is 8.75 Å². The molecule has 0 amide bonds. The van der Waals surface area contributed by atoms with E-state index in [0.717, 1.165) is 50.0 Å². The number of hydrogen-bond donors (Lipinski definition) is 0. The van der Waals surface area contributed by atoms with E-state index in [4.69, 9.17) is 9.47 Å². The van der Waals surface area contributed by atoms with Gasteiger partial charge in [0.15, 0.2) is 0 Å². The molecule has 0 aliphatic carbocycles. The normalized spacial score (nSPS) is 17.0. The number of carbonyl (C=O) groups excluding carboxylic acids is 1.